The first-order valence-electron chi connectivity index (χ1n) is 9.12. The smallest absolute Gasteiger partial charge is 0.120 e. The molecule has 1 aliphatic rings. The number of benzene rings is 2. The minimum atomic E-state index is 0.266. The zero-order valence-corrected chi connectivity index (χ0v) is 15.3. The summed E-state index contributed by atoms with van der Waals surface area (Å²) in [6.45, 7) is 3.71. The van der Waals surface area contributed by atoms with Gasteiger partial charge in [-0.15, -0.1) is 0 Å². The average Bonchev–Trinajstić information content (AvgIpc) is 3.17. The molecule has 140 valence electrons. The van der Waals surface area contributed by atoms with E-state index >= 15 is 0 Å². The minimum absolute atomic E-state index is 0.266. The molecular formula is C21H27NO4. The number of methoxy groups -OCH3 is 1. The van der Waals surface area contributed by atoms with E-state index in [1.807, 2.05) is 42.5 Å². The average molecular weight is 357 g/mol. The Kier molecular flexibility index (Phi) is 6.75. The lowest BCUT2D eigenvalue weighted by molar-refractivity contribution is 0.0651. The highest BCUT2D eigenvalue weighted by molar-refractivity contribution is 5.32. The first-order chi connectivity index (χ1) is 12.7. The molecule has 1 atom stereocenters. The molecule has 1 saturated heterocycles. The number of ether oxygens (including phenoxy) is 3. The SMILES string of the molecule is COc1ccc(OCCN(Cc2ccccc2O)CC2CCCO2)cc1. The van der Waals surface area contributed by atoms with Crippen molar-refractivity contribution in [2.75, 3.05) is 33.4 Å². The molecule has 5 nitrogen and oxygen atoms in total. The summed E-state index contributed by atoms with van der Waals surface area (Å²) in [7, 11) is 1.65. The van der Waals surface area contributed by atoms with Crippen LogP contribution in [0, 0.1) is 0 Å². The van der Waals surface area contributed by atoms with Crippen molar-refractivity contribution < 1.29 is 19.3 Å². The van der Waals surface area contributed by atoms with E-state index in [4.69, 9.17) is 14.2 Å². The van der Waals surface area contributed by atoms with Crippen LogP contribution in [0.4, 0.5) is 0 Å². The summed E-state index contributed by atoms with van der Waals surface area (Å²) in [4.78, 5) is 2.29. The lowest BCUT2D eigenvalue weighted by atomic mass is 10.1. The van der Waals surface area contributed by atoms with Gasteiger partial charge < -0.3 is 19.3 Å². The van der Waals surface area contributed by atoms with Gasteiger partial charge in [0.25, 0.3) is 0 Å². The Morgan fingerprint density at radius 3 is 2.58 bits per heavy atom. The van der Waals surface area contributed by atoms with Crippen molar-refractivity contribution in [3.8, 4) is 17.2 Å². The molecule has 0 aromatic heterocycles. The topological polar surface area (TPSA) is 51.2 Å². The summed E-state index contributed by atoms with van der Waals surface area (Å²) < 4.78 is 16.8. The fraction of sp³-hybridized carbons (Fsp3) is 0.429. The van der Waals surface area contributed by atoms with Crippen LogP contribution in [0.2, 0.25) is 0 Å². The van der Waals surface area contributed by atoms with Crippen molar-refractivity contribution in [3.63, 3.8) is 0 Å². The van der Waals surface area contributed by atoms with Crippen molar-refractivity contribution in [3.05, 3.63) is 54.1 Å². The molecule has 2 aromatic rings. The van der Waals surface area contributed by atoms with Gasteiger partial charge in [0.2, 0.25) is 0 Å². The lowest BCUT2D eigenvalue weighted by Crippen LogP contribution is -2.35. The standard InChI is InChI=1S/C21H27NO4/c1-24-18-8-10-19(11-9-18)26-14-12-22(16-20-6-4-13-25-20)15-17-5-2-3-7-21(17)23/h2-3,5,7-11,20,23H,4,6,12-16H2,1H3. The fourth-order valence-corrected chi connectivity index (χ4v) is 3.16. The molecule has 0 spiro atoms. The molecule has 2 aromatic carbocycles. The molecule has 5 heteroatoms. The Labute approximate surface area is 155 Å². The predicted molar refractivity (Wildman–Crippen MR) is 101 cm³/mol. The summed E-state index contributed by atoms with van der Waals surface area (Å²) in [6, 6.07) is 15.1. The van der Waals surface area contributed by atoms with Gasteiger partial charge in [-0.2, -0.15) is 0 Å². The molecule has 1 heterocycles. The second-order valence-corrected chi connectivity index (χ2v) is 6.52. The maximum Gasteiger partial charge on any atom is 0.120 e. The molecule has 1 aliphatic heterocycles. The molecule has 1 fully saturated rings. The second kappa shape index (κ2) is 9.46. The number of nitrogens with zero attached hydrogens (tertiary/aromatic N) is 1. The highest BCUT2D eigenvalue weighted by atomic mass is 16.5. The Bertz CT molecular complexity index is 668. The van der Waals surface area contributed by atoms with Crippen LogP contribution in [0.3, 0.4) is 0 Å². The van der Waals surface area contributed by atoms with Crippen molar-refractivity contribution in [2.45, 2.75) is 25.5 Å². The van der Waals surface area contributed by atoms with Crippen LogP contribution in [0.25, 0.3) is 0 Å². The van der Waals surface area contributed by atoms with Gasteiger partial charge in [0.15, 0.2) is 0 Å². The predicted octanol–water partition coefficient (Wildman–Crippen LogP) is 3.46. The van der Waals surface area contributed by atoms with E-state index in [1.54, 1.807) is 13.2 Å². The summed E-state index contributed by atoms with van der Waals surface area (Å²) in [5, 5.41) is 10.1. The van der Waals surface area contributed by atoms with Crippen molar-refractivity contribution in [1.82, 2.24) is 4.90 Å². The van der Waals surface area contributed by atoms with E-state index in [1.165, 1.54) is 0 Å². The van der Waals surface area contributed by atoms with Crippen LogP contribution in [-0.2, 0) is 11.3 Å². The van der Waals surface area contributed by atoms with Gasteiger partial charge in [-0.3, -0.25) is 4.90 Å². The van der Waals surface area contributed by atoms with E-state index in [0.717, 1.165) is 49.6 Å². The number of aromatic hydroxyl groups is 1. The monoisotopic (exact) mass is 357 g/mol. The van der Waals surface area contributed by atoms with Crippen LogP contribution in [-0.4, -0.2) is 49.5 Å². The molecule has 0 amide bonds. The highest BCUT2D eigenvalue weighted by Gasteiger charge is 2.20. The van der Waals surface area contributed by atoms with Crippen LogP contribution < -0.4 is 9.47 Å². The van der Waals surface area contributed by atoms with Crippen LogP contribution in [0.15, 0.2) is 48.5 Å². The summed E-state index contributed by atoms with van der Waals surface area (Å²) in [5.41, 5.74) is 0.926. The van der Waals surface area contributed by atoms with Gasteiger partial charge in [0, 0.05) is 31.8 Å². The van der Waals surface area contributed by atoms with Crippen molar-refractivity contribution in [1.29, 1.82) is 0 Å². The normalized spacial score (nSPS) is 16.8. The maximum absolute atomic E-state index is 10.1. The summed E-state index contributed by atoms with van der Waals surface area (Å²) in [5.74, 6) is 1.98. The second-order valence-electron chi connectivity index (χ2n) is 6.52. The largest absolute Gasteiger partial charge is 0.508 e. The Balaban J connectivity index is 1.56. The third-order valence-corrected chi connectivity index (χ3v) is 4.61. The number of hydrogen-bond acceptors (Lipinski definition) is 5. The molecule has 3 rings (SSSR count). The summed E-state index contributed by atoms with van der Waals surface area (Å²) >= 11 is 0. The third kappa shape index (κ3) is 5.38. The minimum Gasteiger partial charge on any atom is -0.508 e. The quantitative estimate of drug-likeness (QED) is 0.745. The number of para-hydroxylation sites is 1. The van der Waals surface area contributed by atoms with Crippen LogP contribution >= 0.6 is 0 Å². The third-order valence-electron chi connectivity index (χ3n) is 4.61. The molecular weight excluding hydrogens is 330 g/mol. The Morgan fingerprint density at radius 1 is 1.12 bits per heavy atom. The number of phenolic OH excluding ortho intramolecular Hbond substituents is 1. The van der Waals surface area contributed by atoms with Gasteiger partial charge in [0.05, 0.1) is 13.2 Å². The molecule has 0 radical (unpaired) electrons. The van der Waals surface area contributed by atoms with Gasteiger partial charge in [0.1, 0.15) is 23.9 Å². The van der Waals surface area contributed by atoms with E-state index in [0.29, 0.717) is 18.9 Å². The van der Waals surface area contributed by atoms with E-state index in [-0.39, 0.29) is 6.10 Å². The number of hydrogen-bond donors (Lipinski definition) is 1. The van der Waals surface area contributed by atoms with Gasteiger partial charge >= 0.3 is 0 Å². The molecule has 1 N–H and O–H groups in total. The van der Waals surface area contributed by atoms with Gasteiger partial charge in [-0.25, -0.2) is 0 Å². The molecule has 26 heavy (non-hydrogen) atoms. The molecule has 0 aliphatic carbocycles. The van der Waals surface area contributed by atoms with E-state index in [9.17, 15) is 5.11 Å². The summed E-state index contributed by atoms with van der Waals surface area (Å²) in [6.07, 6.45) is 2.48. The van der Waals surface area contributed by atoms with Gasteiger partial charge in [-0.1, -0.05) is 18.2 Å². The zero-order chi connectivity index (χ0) is 18.2. The molecule has 0 saturated carbocycles. The van der Waals surface area contributed by atoms with E-state index in [2.05, 4.69) is 4.90 Å². The van der Waals surface area contributed by atoms with Gasteiger partial charge in [-0.05, 0) is 43.2 Å². The van der Waals surface area contributed by atoms with Crippen molar-refractivity contribution >= 4 is 0 Å². The van der Waals surface area contributed by atoms with Crippen molar-refractivity contribution in [2.24, 2.45) is 0 Å². The Morgan fingerprint density at radius 2 is 1.88 bits per heavy atom. The first-order valence-corrected chi connectivity index (χ1v) is 9.12. The Hall–Kier alpha value is -2.24. The lowest BCUT2D eigenvalue weighted by Gasteiger charge is -2.25. The number of rotatable bonds is 9. The zero-order valence-electron chi connectivity index (χ0n) is 15.3. The fourth-order valence-electron chi connectivity index (χ4n) is 3.16. The maximum atomic E-state index is 10.1. The number of phenols is 1. The van der Waals surface area contributed by atoms with Crippen LogP contribution in [0.1, 0.15) is 18.4 Å². The first kappa shape index (κ1) is 18.5. The van der Waals surface area contributed by atoms with E-state index < -0.39 is 0 Å². The highest BCUT2D eigenvalue weighted by Crippen LogP contribution is 2.21. The molecule has 0 bridgehead atoms. The van der Waals surface area contributed by atoms with Crippen LogP contribution in [0.5, 0.6) is 17.2 Å². The molecule has 1 unspecified atom stereocenters.